The highest BCUT2D eigenvalue weighted by molar-refractivity contribution is 6.03. The molecule has 1 unspecified atom stereocenters. The summed E-state index contributed by atoms with van der Waals surface area (Å²) in [7, 11) is 0. The number of esters is 1. The Morgan fingerprint density at radius 1 is 0.913 bits per heavy atom. The maximum atomic E-state index is 11.9. The molecule has 0 heterocycles. The average molecular weight is 322 g/mol. The first-order chi connectivity index (χ1) is 10.8. The molecule has 0 spiro atoms. The van der Waals surface area contributed by atoms with E-state index in [0.717, 1.165) is 0 Å². The highest BCUT2D eigenvalue weighted by Crippen LogP contribution is 2.11. The lowest BCUT2D eigenvalue weighted by Crippen LogP contribution is -2.32. The Hall–Kier alpha value is -3.03. The van der Waals surface area contributed by atoms with E-state index in [1.165, 1.54) is 12.1 Å². The van der Waals surface area contributed by atoms with Crippen LogP contribution in [0.1, 0.15) is 29.6 Å². The number of carboxylic acids is 2. The molecule has 2 N–H and O–H groups in total. The van der Waals surface area contributed by atoms with Crippen LogP contribution in [0.15, 0.2) is 30.3 Å². The summed E-state index contributed by atoms with van der Waals surface area (Å²) in [5, 5.41) is 17.2. The molecule has 0 radical (unpaired) electrons. The minimum Gasteiger partial charge on any atom is -0.481 e. The van der Waals surface area contributed by atoms with Crippen LogP contribution in [0.5, 0.6) is 0 Å². The van der Waals surface area contributed by atoms with Gasteiger partial charge < -0.3 is 14.9 Å². The zero-order valence-corrected chi connectivity index (χ0v) is 11.9. The van der Waals surface area contributed by atoms with Crippen molar-refractivity contribution in [3.63, 3.8) is 0 Å². The lowest BCUT2D eigenvalue weighted by atomic mass is 10.0. The Morgan fingerprint density at radius 3 is 2.00 bits per heavy atom. The number of benzene rings is 1. The maximum Gasteiger partial charge on any atom is 0.338 e. The molecule has 0 fully saturated rings. The Bertz CT molecular complexity index is 620. The molecule has 0 aromatic heterocycles. The van der Waals surface area contributed by atoms with E-state index < -0.39 is 54.8 Å². The molecule has 1 rings (SSSR count). The minimum atomic E-state index is -1.63. The standard InChI is InChI=1S/C15H14O8/c16-10(7-13(18)19)6-12(11(17)8-14(20)21)23-15(22)9-4-2-1-3-5-9/h1-5,12H,6-8H2,(H,18,19)(H,20,21). The number of rotatable bonds is 9. The molecule has 0 saturated heterocycles. The molecule has 8 nitrogen and oxygen atoms in total. The SMILES string of the molecule is O=C(O)CC(=O)CC(OC(=O)c1ccccc1)C(=O)CC(=O)O. The summed E-state index contributed by atoms with van der Waals surface area (Å²) in [6, 6.07) is 7.60. The predicted molar refractivity (Wildman–Crippen MR) is 74.8 cm³/mol. The first kappa shape index (κ1) is 18.0. The molecule has 8 heteroatoms. The van der Waals surface area contributed by atoms with Gasteiger partial charge in [-0.15, -0.1) is 0 Å². The molecule has 0 amide bonds. The fourth-order valence-corrected chi connectivity index (χ4v) is 1.70. The summed E-state index contributed by atoms with van der Waals surface area (Å²) < 4.78 is 4.89. The van der Waals surface area contributed by atoms with Crippen molar-refractivity contribution in [2.75, 3.05) is 0 Å². The van der Waals surface area contributed by atoms with Crippen LogP contribution >= 0.6 is 0 Å². The van der Waals surface area contributed by atoms with Crippen LogP contribution in [0.4, 0.5) is 0 Å². The van der Waals surface area contributed by atoms with Crippen molar-refractivity contribution in [2.24, 2.45) is 0 Å². The Morgan fingerprint density at radius 2 is 1.48 bits per heavy atom. The van der Waals surface area contributed by atoms with Crippen LogP contribution in [-0.2, 0) is 23.9 Å². The monoisotopic (exact) mass is 322 g/mol. The first-order valence-electron chi connectivity index (χ1n) is 6.53. The summed E-state index contributed by atoms with van der Waals surface area (Å²) in [6.45, 7) is 0. The third kappa shape index (κ3) is 6.51. The molecule has 0 saturated carbocycles. The second-order valence-corrected chi connectivity index (χ2v) is 4.61. The van der Waals surface area contributed by atoms with Crippen LogP contribution in [0.25, 0.3) is 0 Å². The number of carbonyl (C=O) groups excluding carboxylic acids is 3. The smallest absolute Gasteiger partial charge is 0.338 e. The zero-order valence-electron chi connectivity index (χ0n) is 11.9. The third-order valence-electron chi connectivity index (χ3n) is 2.70. The highest BCUT2D eigenvalue weighted by atomic mass is 16.5. The second kappa shape index (κ2) is 8.42. The van der Waals surface area contributed by atoms with Gasteiger partial charge in [0.25, 0.3) is 0 Å². The number of ketones is 2. The molecular weight excluding hydrogens is 308 g/mol. The van der Waals surface area contributed by atoms with Crippen LogP contribution in [0.3, 0.4) is 0 Å². The van der Waals surface area contributed by atoms with Gasteiger partial charge in [0, 0.05) is 0 Å². The van der Waals surface area contributed by atoms with E-state index in [4.69, 9.17) is 14.9 Å². The molecule has 122 valence electrons. The molecule has 23 heavy (non-hydrogen) atoms. The summed E-state index contributed by atoms with van der Waals surface area (Å²) in [4.78, 5) is 56.3. The van der Waals surface area contributed by atoms with Crippen molar-refractivity contribution in [2.45, 2.75) is 25.4 Å². The number of carboxylic acid groups (broad SMARTS) is 2. The molecule has 0 aliphatic rings. The van der Waals surface area contributed by atoms with Gasteiger partial charge >= 0.3 is 17.9 Å². The van der Waals surface area contributed by atoms with E-state index in [2.05, 4.69) is 0 Å². The summed E-state index contributed by atoms with van der Waals surface area (Å²) in [5.74, 6) is -5.57. The number of aliphatic carboxylic acids is 2. The van der Waals surface area contributed by atoms with Crippen molar-refractivity contribution in [3.05, 3.63) is 35.9 Å². The van der Waals surface area contributed by atoms with Crippen molar-refractivity contribution in [1.29, 1.82) is 0 Å². The summed E-state index contributed by atoms with van der Waals surface area (Å²) >= 11 is 0. The molecular formula is C15H14O8. The lowest BCUT2D eigenvalue weighted by molar-refractivity contribution is -0.146. The van der Waals surface area contributed by atoms with E-state index in [1.54, 1.807) is 18.2 Å². The van der Waals surface area contributed by atoms with Crippen LogP contribution in [0, 0.1) is 0 Å². The lowest BCUT2D eigenvalue weighted by Gasteiger charge is -2.15. The number of ether oxygens (including phenoxy) is 1. The van der Waals surface area contributed by atoms with Gasteiger partial charge in [-0.05, 0) is 12.1 Å². The van der Waals surface area contributed by atoms with Crippen molar-refractivity contribution >= 4 is 29.5 Å². The topological polar surface area (TPSA) is 135 Å². The Balaban J connectivity index is 2.84. The quantitative estimate of drug-likeness (QED) is 0.501. The van der Waals surface area contributed by atoms with Gasteiger partial charge in [0.2, 0.25) is 0 Å². The van der Waals surface area contributed by atoms with Gasteiger partial charge in [-0.25, -0.2) is 4.79 Å². The third-order valence-corrected chi connectivity index (χ3v) is 2.70. The molecule has 0 bridgehead atoms. The first-order valence-corrected chi connectivity index (χ1v) is 6.53. The van der Waals surface area contributed by atoms with E-state index in [9.17, 15) is 24.0 Å². The van der Waals surface area contributed by atoms with Gasteiger partial charge in [0.15, 0.2) is 11.9 Å². The van der Waals surface area contributed by atoms with E-state index >= 15 is 0 Å². The van der Waals surface area contributed by atoms with Crippen LogP contribution in [-0.4, -0.2) is 45.8 Å². The normalized spacial score (nSPS) is 11.3. The van der Waals surface area contributed by atoms with Gasteiger partial charge in [-0.1, -0.05) is 18.2 Å². The average Bonchev–Trinajstić information content (AvgIpc) is 2.45. The van der Waals surface area contributed by atoms with Crippen molar-refractivity contribution in [3.8, 4) is 0 Å². The number of carbonyl (C=O) groups is 5. The second-order valence-electron chi connectivity index (χ2n) is 4.61. The van der Waals surface area contributed by atoms with E-state index in [1.807, 2.05) is 0 Å². The predicted octanol–water partition coefficient (Wildman–Crippen LogP) is 0.690. The molecule has 0 aliphatic carbocycles. The zero-order chi connectivity index (χ0) is 17.4. The van der Waals surface area contributed by atoms with E-state index in [0.29, 0.717) is 0 Å². The Kier molecular flexibility index (Phi) is 6.60. The van der Waals surface area contributed by atoms with Crippen LogP contribution in [0.2, 0.25) is 0 Å². The Labute approximate surface area is 130 Å². The van der Waals surface area contributed by atoms with Crippen molar-refractivity contribution < 1.29 is 38.9 Å². The van der Waals surface area contributed by atoms with E-state index in [-0.39, 0.29) is 5.56 Å². The molecule has 0 aliphatic heterocycles. The van der Waals surface area contributed by atoms with Crippen LogP contribution < -0.4 is 0 Å². The van der Waals surface area contributed by atoms with Gasteiger partial charge in [-0.3, -0.25) is 19.2 Å². The minimum absolute atomic E-state index is 0.117. The number of hydrogen-bond acceptors (Lipinski definition) is 6. The fraction of sp³-hybridized carbons (Fsp3) is 0.267. The molecule has 1 aromatic rings. The molecule has 1 atom stereocenters. The van der Waals surface area contributed by atoms with Gasteiger partial charge in [-0.2, -0.15) is 0 Å². The number of Topliss-reactive ketones (excluding diaryl/α,β-unsaturated/α-hetero) is 2. The maximum absolute atomic E-state index is 11.9. The molecule has 1 aromatic carbocycles. The van der Waals surface area contributed by atoms with Gasteiger partial charge in [0.05, 0.1) is 12.0 Å². The highest BCUT2D eigenvalue weighted by Gasteiger charge is 2.28. The summed E-state index contributed by atoms with van der Waals surface area (Å²) in [6.07, 6.45) is -4.10. The largest absolute Gasteiger partial charge is 0.481 e. The fourth-order valence-electron chi connectivity index (χ4n) is 1.70. The number of hydrogen-bond donors (Lipinski definition) is 2. The van der Waals surface area contributed by atoms with Gasteiger partial charge in [0.1, 0.15) is 18.6 Å². The summed E-state index contributed by atoms with van der Waals surface area (Å²) in [5.41, 5.74) is 0.117. The van der Waals surface area contributed by atoms with Crippen molar-refractivity contribution in [1.82, 2.24) is 0 Å².